The number of hydrogen-bond acceptors (Lipinski definition) is 3. The summed E-state index contributed by atoms with van der Waals surface area (Å²) in [5, 5.41) is 4.81. The van der Waals surface area contributed by atoms with Gasteiger partial charge in [0, 0.05) is 25.5 Å². The number of ether oxygens (including phenoxy) is 1. The smallest absolute Gasteiger partial charge is 0.157 e. The molecule has 2 rings (SSSR count). The maximum atomic E-state index is 5.44. The van der Waals surface area contributed by atoms with Crippen LogP contribution in [0.5, 0.6) is 0 Å². The molecule has 0 radical (unpaired) electrons. The standard InChI is InChI=1S/C14H26N2OS/c1-12(2)5-3-4-8-15-13-16-14(11-18-13)6-9-17-10-7-14/h12H,3-11H2,1-2H3,(H,15,16). The number of amidine groups is 1. The molecule has 2 aliphatic rings. The normalized spacial score (nSPS) is 24.9. The molecule has 2 saturated heterocycles. The summed E-state index contributed by atoms with van der Waals surface area (Å²) < 4.78 is 5.44. The van der Waals surface area contributed by atoms with E-state index in [0.717, 1.165) is 38.5 Å². The first-order chi connectivity index (χ1) is 8.70. The molecule has 2 heterocycles. The third-order valence-electron chi connectivity index (χ3n) is 3.75. The Morgan fingerprint density at radius 2 is 2.11 bits per heavy atom. The molecule has 0 aliphatic carbocycles. The maximum Gasteiger partial charge on any atom is 0.157 e. The molecule has 0 bridgehead atoms. The molecule has 1 N–H and O–H groups in total. The van der Waals surface area contributed by atoms with Gasteiger partial charge in [0.15, 0.2) is 5.17 Å². The van der Waals surface area contributed by atoms with Crippen molar-refractivity contribution in [3.05, 3.63) is 0 Å². The van der Waals surface area contributed by atoms with Crippen LogP contribution in [-0.2, 0) is 4.74 Å². The van der Waals surface area contributed by atoms with Crippen molar-refractivity contribution in [2.24, 2.45) is 10.9 Å². The van der Waals surface area contributed by atoms with Crippen molar-refractivity contribution < 1.29 is 4.74 Å². The van der Waals surface area contributed by atoms with Crippen molar-refractivity contribution in [3.8, 4) is 0 Å². The Morgan fingerprint density at radius 3 is 2.83 bits per heavy atom. The first-order valence-electron chi connectivity index (χ1n) is 7.23. The molecule has 104 valence electrons. The first-order valence-corrected chi connectivity index (χ1v) is 8.22. The van der Waals surface area contributed by atoms with Gasteiger partial charge >= 0.3 is 0 Å². The first kappa shape index (κ1) is 14.2. The number of hydrogen-bond donors (Lipinski definition) is 1. The average Bonchev–Trinajstić information content (AvgIpc) is 2.72. The second-order valence-corrected chi connectivity index (χ2v) is 6.85. The van der Waals surface area contributed by atoms with Gasteiger partial charge in [-0.25, -0.2) is 0 Å². The predicted octanol–water partition coefficient (Wildman–Crippen LogP) is 3.05. The molecule has 0 amide bonds. The van der Waals surface area contributed by atoms with Gasteiger partial charge < -0.3 is 10.1 Å². The molecule has 2 fully saturated rings. The van der Waals surface area contributed by atoms with Crippen molar-refractivity contribution in [2.75, 3.05) is 25.5 Å². The van der Waals surface area contributed by atoms with Crippen LogP contribution in [0.2, 0.25) is 0 Å². The van der Waals surface area contributed by atoms with Gasteiger partial charge in [0.05, 0.1) is 5.54 Å². The van der Waals surface area contributed by atoms with E-state index >= 15 is 0 Å². The van der Waals surface area contributed by atoms with Crippen LogP contribution in [0.1, 0.15) is 46.0 Å². The van der Waals surface area contributed by atoms with Crippen molar-refractivity contribution in [3.63, 3.8) is 0 Å². The summed E-state index contributed by atoms with van der Waals surface area (Å²) >= 11 is 1.90. The molecule has 0 saturated carbocycles. The Kier molecular flexibility index (Phi) is 5.37. The molecule has 18 heavy (non-hydrogen) atoms. The van der Waals surface area contributed by atoms with Crippen LogP contribution in [-0.4, -0.2) is 36.2 Å². The van der Waals surface area contributed by atoms with E-state index in [1.807, 2.05) is 11.8 Å². The highest BCUT2D eigenvalue weighted by atomic mass is 32.2. The zero-order valence-corrected chi connectivity index (χ0v) is 12.5. The van der Waals surface area contributed by atoms with Gasteiger partial charge in [0.2, 0.25) is 0 Å². The fourth-order valence-corrected chi connectivity index (χ4v) is 3.71. The molecule has 0 aromatic rings. The number of nitrogens with one attached hydrogen (secondary N) is 1. The molecule has 3 nitrogen and oxygen atoms in total. The van der Waals surface area contributed by atoms with Crippen LogP contribution >= 0.6 is 11.8 Å². The van der Waals surface area contributed by atoms with Crippen molar-refractivity contribution in [1.82, 2.24) is 5.32 Å². The van der Waals surface area contributed by atoms with Gasteiger partial charge in [-0.05, 0) is 25.2 Å². The van der Waals surface area contributed by atoms with E-state index in [0.29, 0.717) is 5.54 Å². The molecule has 1 spiro atoms. The van der Waals surface area contributed by atoms with Crippen LogP contribution in [0.25, 0.3) is 0 Å². The second-order valence-electron chi connectivity index (χ2n) is 5.88. The number of unbranched alkanes of at least 4 members (excludes halogenated alkanes) is 1. The fourth-order valence-electron chi connectivity index (χ4n) is 2.47. The van der Waals surface area contributed by atoms with E-state index in [2.05, 4.69) is 19.2 Å². The Bertz CT molecular complexity index is 286. The SMILES string of the molecule is CC(C)CCCCN=C1NC2(CCOCC2)CS1. The molecule has 0 aromatic heterocycles. The highest BCUT2D eigenvalue weighted by Gasteiger charge is 2.38. The van der Waals surface area contributed by atoms with Crippen molar-refractivity contribution in [1.29, 1.82) is 0 Å². The van der Waals surface area contributed by atoms with E-state index in [1.54, 1.807) is 0 Å². The molecule has 0 atom stereocenters. The number of thioether (sulfide) groups is 1. The summed E-state index contributed by atoms with van der Waals surface area (Å²) in [5.41, 5.74) is 0.291. The minimum absolute atomic E-state index is 0.291. The zero-order chi connectivity index (χ0) is 12.8. The Balaban J connectivity index is 1.68. The zero-order valence-electron chi connectivity index (χ0n) is 11.7. The Morgan fingerprint density at radius 1 is 1.33 bits per heavy atom. The van der Waals surface area contributed by atoms with E-state index < -0.39 is 0 Å². The second kappa shape index (κ2) is 6.80. The number of aliphatic imine (C=N–C) groups is 1. The Labute approximate surface area is 115 Å². The number of nitrogens with zero attached hydrogens (tertiary/aromatic N) is 1. The monoisotopic (exact) mass is 270 g/mol. The van der Waals surface area contributed by atoms with E-state index in [-0.39, 0.29) is 0 Å². The van der Waals surface area contributed by atoms with Crippen LogP contribution in [0.3, 0.4) is 0 Å². The minimum Gasteiger partial charge on any atom is -0.381 e. The van der Waals surface area contributed by atoms with E-state index in [9.17, 15) is 0 Å². The third kappa shape index (κ3) is 4.16. The average molecular weight is 270 g/mol. The molecular weight excluding hydrogens is 244 g/mol. The van der Waals surface area contributed by atoms with Gasteiger partial charge in [0.25, 0.3) is 0 Å². The lowest BCUT2D eigenvalue weighted by Gasteiger charge is -2.32. The quantitative estimate of drug-likeness (QED) is 0.780. The lowest BCUT2D eigenvalue weighted by Crippen LogP contribution is -2.48. The number of rotatable bonds is 5. The summed E-state index contributed by atoms with van der Waals surface area (Å²) in [5.74, 6) is 1.99. The molecule has 0 unspecified atom stereocenters. The molecular formula is C14H26N2OS. The lowest BCUT2D eigenvalue weighted by atomic mass is 9.93. The summed E-state index contributed by atoms with van der Waals surface area (Å²) in [6.45, 7) is 7.35. The lowest BCUT2D eigenvalue weighted by molar-refractivity contribution is 0.0555. The van der Waals surface area contributed by atoms with Crippen molar-refractivity contribution in [2.45, 2.75) is 51.5 Å². The van der Waals surface area contributed by atoms with Gasteiger partial charge in [-0.2, -0.15) is 0 Å². The minimum atomic E-state index is 0.291. The molecule has 4 heteroatoms. The van der Waals surface area contributed by atoms with E-state index in [4.69, 9.17) is 9.73 Å². The highest BCUT2D eigenvalue weighted by Crippen LogP contribution is 2.31. The van der Waals surface area contributed by atoms with Gasteiger partial charge in [-0.3, -0.25) is 4.99 Å². The predicted molar refractivity (Wildman–Crippen MR) is 79.4 cm³/mol. The summed E-state index contributed by atoms with van der Waals surface area (Å²) in [6.07, 6.45) is 6.11. The topological polar surface area (TPSA) is 33.6 Å². The highest BCUT2D eigenvalue weighted by molar-refractivity contribution is 8.14. The summed E-state index contributed by atoms with van der Waals surface area (Å²) in [4.78, 5) is 4.70. The fraction of sp³-hybridized carbons (Fsp3) is 0.929. The third-order valence-corrected chi connectivity index (χ3v) is 4.95. The van der Waals surface area contributed by atoms with E-state index in [1.165, 1.54) is 30.2 Å². The summed E-state index contributed by atoms with van der Waals surface area (Å²) in [7, 11) is 0. The largest absolute Gasteiger partial charge is 0.381 e. The van der Waals surface area contributed by atoms with Gasteiger partial charge in [-0.15, -0.1) is 0 Å². The van der Waals surface area contributed by atoms with Crippen LogP contribution in [0, 0.1) is 5.92 Å². The van der Waals surface area contributed by atoms with Gasteiger partial charge in [-0.1, -0.05) is 38.5 Å². The molecule has 2 aliphatic heterocycles. The van der Waals surface area contributed by atoms with Crippen LogP contribution in [0.15, 0.2) is 4.99 Å². The van der Waals surface area contributed by atoms with Crippen molar-refractivity contribution >= 4 is 16.9 Å². The van der Waals surface area contributed by atoms with Crippen LogP contribution < -0.4 is 5.32 Å². The maximum absolute atomic E-state index is 5.44. The summed E-state index contributed by atoms with van der Waals surface area (Å²) in [6, 6.07) is 0. The van der Waals surface area contributed by atoms with Crippen LogP contribution in [0.4, 0.5) is 0 Å². The van der Waals surface area contributed by atoms with Gasteiger partial charge in [0.1, 0.15) is 0 Å². The Hall–Kier alpha value is -0.220. The molecule has 0 aromatic carbocycles.